The molecule has 1 aromatic heterocycles. The fourth-order valence-electron chi connectivity index (χ4n) is 0.937. The molecule has 0 aliphatic heterocycles. The van der Waals surface area contributed by atoms with Crippen molar-refractivity contribution in [3.63, 3.8) is 0 Å². The summed E-state index contributed by atoms with van der Waals surface area (Å²) in [6.07, 6.45) is 0.881. The Balaban J connectivity index is 2.81. The van der Waals surface area contributed by atoms with Crippen LogP contribution in [0, 0.1) is 0 Å². The maximum Gasteiger partial charge on any atom is 0.250 e. The van der Waals surface area contributed by atoms with Crippen LogP contribution in [0.25, 0.3) is 0 Å². The lowest BCUT2D eigenvalue weighted by molar-refractivity contribution is 0.586. The zero-order chi connectivity index (χ0) is 10.6. The van der Waals surface area contributed by atoms with Gasteiger partial charge in [-0.05, 0) is 18.6 Å². The lowest BCUT2D eigenvalue weighted by Crippen LogP contribution is -2.24. The SMILES string of the molecule is CCc1ccc(S(=O)(=O)NCCI)s1. The van der Waals surface area contributed by atoms with E-state index in [-0.39, 0.29) is 0 Å². The zero-order valence-electron chi connectivity index (χ0n) is 7.79. The molecule has 0 bridgehead atoms. The van der Waals surface area contributed by atoms with Gasteiger partial charge in [0.15, 0.2) is 0 Å². The van der Waals surface area contributed by atoms with Crippen molar-refractivity contribution in [1.29, 1.82) is 0 Å². The van der Waals surface area contributed by atoms with Gasteiger partial charge in [-0.25, -0.2) is 13.1 Å². The van der Waals surface area contributed by atoms with Gasteiger partial charge in [-0.3, -0.25) is 0 Å². The van der Waals surface area contributed by atoms with Gasteiger partial charge in [0.05, 0.1) is 0 Å². The lowest BCUT2D eigenvalue weighted by atomic mass is 10.4. The Bertz CT molecular complexity index is 386. The van der Waals surface area contributed by atoms with E-state index < -0.39 is 10.0 Å². The first-order valence-electron chi connectivity index (χ1n) is 4.24. The van der Waals surface area contributed by atoms with Gasteiger partial charge in [-0.1, -0.05) is 29.5 Å². The van der Waals surface area contributed by atoms with Crippen LogP contribution in [0.2, 0.25) is 0 Å². The number of sulfonamides is 1. The topological polar surface area (TPSA) is 46.2 Å². The molecule has 1 N–H and O–H groups in total. The molecule has 6 heteroatoms. The molecule has 0 aliphatic carbocycles. The van der Waals surface area contributed by atoms with E-state index in [1.54, 1.807) is 6.07 Å². The molecule has 0 unspecified atom stereocenters. The van der Waals surface area contributed by atoms with Crippen molar-refractivity contribution in [3.8, 4) is 0 Å². The minimum Gasteiger partial charge on any atom is -0.210 e. The van der Waals surface area contributed by atoms with E-state index in [9.17, 15) is 8.42 Å². The van der Waals surface area contributed by atoms with Crippen molar-refractivity contribution in [1.82, 2.24) is 4.72 Å². The van der Waals surface area contributed by atoms with Crippen molar-refractivity contribution in [3.05, 3.63) is 17.0 Å². The first-order valence-corrected chi connectivity index (χ1v) is 8.07. The van der Waals surface area contributed by atoms with Crippen LogP contribution in [0.5, 0.6) is 0 Å². The van der Waals surface area contributed by atoms with Crippen LogP contribution in [0.3, 0.4) is 0 Å². The third kappa shape index (κ3) is 3.18. The number of hydrogen-bond donors (Lipinski definition) is 1. The van der Waals surface area contributed by atoms with Crippen LogP contribution >= 0.6 is 33.9 Å². The summed E-state index contributed by atoms with van der Waals surface area (Å²) in [7, 11) is -3.25. The molecule has 80 valence electrons. The zero-order valence-corrected chi connectivity index (χ0v) is 11.6. The fraction of sp³-hybridized carbons (Fsp3) is 0.500. The molecule has 0 amide bonds. The summed E-state index contributed by atoms with van der Waals surface area (Å²) in [4.78, 5) is 1.10. The highest BCUT2D eigenvalue weighted by Crippen LogP contribution is 2.21. The largest absolute Gasteiger partial charge is 0.250 e. The Labute approximate surface area is 102 Å². The second kappa shape index (κ2) is 5.43. The summed E-state index contributed by atoms with van der Waals surface area (Å²) in [5, 5.41) is 0. The van der Waals surface area contributed by atoms with E-state index in [0.717, 1.165) is 15.7 Å². The molecule has 1 rings (SSSR count). The molecule has 0 saturated heterocycles. The molecule has 0 spiro atoms. The van der Waals surface area contributed by atoms with Gasteiger partial charge >= 0.3 is 0 Å². The van der Waals surface area contributed by atoms with Crippen LogP contribution in [-0.2, 0) is 16.4 Å². The Morgan fingerprint density at radius 2 is 2.21 bits per heavy atom. The molecular weight excluding hydrogens is 333 g/mol. The first kappa shape index (κ1) is 12.4. The Kier molecular flexibility index (Phi) is 4.81. The second-order valence-corrected chi connectivity index (χ2v) is 6.90. The molecule has 0 aromatic carbocycles. The van der Waals surface area contributed by atoms with Crippen LogP contribution in [0.15, 0.2) is 16.3 Å². The van der Waals surface area contributed by atoms with E-state index in [2.05, 4.69) is 27.3 Å². The van der Waals surface area contributed by atoms with Crippen molar-refractivity contribution < 1.29 is 8.42 Å². The summed E-state index contributed by atoms with van der Waals surface area (Å²) < 4.78 is 27.0. The van der Waals surface area contributed by atoms with Gasteiger partial charge < -0.3 is 0 Å². The normalized spacial score (nSPS) is 11.9. The van der Waals surface area contributed by atoms with Crippen LogP contribution in [-0.4, -0.2) is 19.4 Å². The fourth-order valence-corrected chi connectivity index (χ4v) is 3.94. The molecule has 3 nitrogen and oxygen atoms in total. The number of hydrogen-bond acceptors (Lipinski definition) is 3. The maximum atomic E-state index is 11.6. The molecule has 0 saturated carbocycles. The third-order valence-corrected chi connectivity index (χ3v) is 5.36. The van der Waals surface area contributed by atoms with Crippen molar-refractivity contribution in [2.75, 3.05) is 11.0 Å². The van der Waals surface area contributed by atoms with E-state index in [0.29, 0.717) is 10.8 Å². The lowest BCUT2D eigenvalue weighted by Gasteiger charge is -2.01. The average molecular weight is 345 g/mol. The Morgan fingerprint density at radius 1 is 1.50 bits per heavy atom. The van der Waals surface area contributed by atoms with Gasteiger partial charge in [-0.2, -0.15) is 0 Å². The average Bonchev–Trinajstić information content (AvgIpc) is 2.63. The number of alkyl halides is 1. The summed E-state index contributed by atoms with van der Waals surface area (Å²) in [5.74, 6) is 0. The number of aryl methyl sites for hydroxylation is 1. The van der Waals surface area contributed by atoms with Gasteiger partial charge in [0.1, 0.15) is 4.21 Å². The monoisotopic (exact) mass is 345 g/mol. The van der Waals surface area contributed by atoms with Gasteiger partial charge in [0.2, 0.25) is 10.0 Å². The molecular formula is C8H12INO2S2. The van der Waals surface area contributed by atoms with Gasteiger partial charge in [-0.15, -0.1) is 11.3 Å². The number of rotatable bonds is 5. The summed E-state index contributed by atoms with van der Waals surface area (Å²) in [5.41, 5.74) is 0. The van der Waals surface area contributed by atoms with E-state index in [1.807, 2.05) is 13.0 Å². The number of halogens is 1. The molecule has 1 aromatic rings. The second-order valence-electron chi connectivity index (χ2n) is 2.66. The summed E-state index contributed by atoms with van der Waals surface area (Å²) in [6, 6.07) is 3.53. The van der Waals surface area contributed by atoms with Gasteiger partial charge in [0, 0.05) is 15.8 Å². The maximum absolute atomic E-state index is 11.6. The molecule has 0 atom stereocenters. The predicted octanol–water partition coefficient (Wildman–Crippen LogP) is 2.02. The minimum absolute atomic E-state index is 0.416. The van der Waals surface area contributed by atoms with E-state index in [4.69, 9.17) is 0 Å². The highest BCUT2D eigenvalue weighted by molar-refractivity contribution is 14.1. The highest BCUT2D eigenvalue weighted by atomic mass is 127. The molecule has 1 heterocycles. The number of nitrogens with one attached hydrogen (secondary N) is 1. The molecule has 0 fully saturated rings. The Morgan fingerprint density at radius 3 is 2.71 bits per heavy atom. The smallest absolute Gasteiger partial charge is 0.210 e. The van der Waals surface area contributed by atoms with E-state index >= 15 is 0 Å². The molecule has 14 heavy (non-hydrogen) atoms. The quantitative estimate of drug-likeness (QED) is 0.656. The van der Waals surface area contributed by atoms with Crippen molar-refractivity contribution >= 4 is 44.0 Å². The van der Waals surface area contributed by atoms with Crippen molar-refractivity contribution in [2.24, 2.45) is 0 Å². The van der Waals surface area contributed by atoms with Crippen LogP contribution in [0.1, 0.15) is 11.8 Å². The predicted molar refractivity (Wildman–Crippen MR) is 67.8 cm³/mol. The first-order chi connectivity index (χ1) is 6.60. The van der Waals surface area contributed by atoms with E-state index in [1.165, 1.54) is 11.3 Å². The highest BCUT2D eigenvalue weighted by Gasteiger charge is 2.15. The summed E-state index contributed by atoms with van der Waals surface area (Å²) >= 11 is 3.47. The van der Waals surface area contributed by atoms with Gasteiger partial charge in [0.25, 0.3) is 0 Å². The Hall–Kier alpha value is 0.340. The minimum atomic E-state index is -3.25. The molecule has 0 aliphatic rings. The summed E-state index contributed by atoms with van der Waals surface area (Å²) in [6.45, 7) is 2.50. The standard InChI is InChI=1S/C8H12INO2S2/c1-2-7-3-4-8(13-7)14(11,12)10-6-5-9/h3-4,10H,2,5-6H2,1H3. The number of thiophene rings is 1. The molecule has 0 radical (unpaired) electrons. The third-order valence-electron chi connectivity index (χ3n) is 1.64. The van der Waals surface area contributed by atoms with Crippen LogP contribution < -0.4 is 4.72 Å². The van der Waals surface area contributed by atoms with Crippen LogP contribution in [0.4, 0.5) is 0 Å². The van der Waals surface area contributed by atoms with Crippen molar-refractivity contribution in [2.45, 2.75) is 17.6 Å².